The first kappa shape index (κ1) is 13.7. The first-order valence-corrected chi connectivity index (χ1v) is 5.95. The van der Waals surface area contributed by atoms with Crippen LogP contribution in [0, 0.1) is 5.41 Å². The molecule has 1 amide bonds. The van der Waals surface area contributed by atoms with Crippen LogP contribution < -0.4 is 0 Å². The molecule has 0 fully saturated rings. The zero-order valence-electron chi connectivity index (χ0n) is 10.8. The second-order valence-corrected chi connectivity index (χ2v) is 5.57. The fourth-order valence-electron chi connectivity index (χ4n) is 2.12. The number of amides is 1. The second-order valence-electron chi connectivity index (χ2n) is 5.57. The number of aliphatic carboxylic acids is 1. The van der Waals surface area contributed by atoms with Gasteiger partial charge in [-0.3, -0.25) is 9.59 Å². The standard InChI is InChI=1S/C13H21NO3/c1-10-5-4-6-14(9-10)11(15)7-13(2,3)8-12(16)17/h5H,4,6-9H2,1-3H3,(H,16,17). The van der Waals surface area contributed by atoms with Crippen LogP contribution in [0.2, 0.25) is 0 Å². The number of nitrogens with zero attached hydrogens (tertiary/aromatic N) is 1. The van der Waals surface area contributed by atoms with Gasteiger partial charge in [0.1, 0.15) is 0 Å². The van der Waals surface area contributed by atoms with Crippen LogP contribution in [0.25, 0.3) is 0 Å². The maximum Gasteiger partial charge on any atom is 0.303 e. The lowest BCUT2D eigenvalue weighted by atomic mass is 9.85. The highest BCUT2D eigenvalue weighted by Gasteiger charge is 2.28. The summed E-state index contributed by atoms with van der Waals surface area (Å²) in [6, 6.07) is 0. The molecule has 0 aromatic carbocycles. The summed E-state index contributed by atoms with van der Waals surface area (Å²) < 4.78 is 0. The summed E-state index contributed by atoms with van der Waals surface area (Å²) in [4.78, 5) is 24.6. The van der Waals surface area contributed by atoms with E-state index in [4.69, 9.17) is 5.11 Å². The molecular weight excluding hydrogens is 218 g/mol. The molecule has 0 bridgehead atoms. The zero-order valence-corrected chi connectivity index (χ0v) is 10.8. The third kappa shape index (κ3) is 4.59. The Bertz CT molecular complexity index is 345. The van der Waals surface area contributed by atoms with Gasteiger partial charge in [0, 0.05) is 19.5 Å². The maximum atomic E-state index is 12.0. The molecule has 0 aliphatic carbocycles. The Hall–Kier alpha value is -1.32. The van der Waals surface area contributed by atoms with Crippen LogP contribution in [0.3, 0.4) is 0 Å². The SMILES string of the molecule is CC1=CCCN(C(=O)CC(C)(C)CC(=O)O)C1. The van der Waals surface area contributed by atoms with Crippen molar-refractivity contribution in [2.24, 2.45) is 5.41 Å². The van der Waals surface area contributed by atoms with E-state index in [2.05, 4.69) is 6.08 Å². The topological polar surface area (TPSA) is 57.6 Å². The lowest BCUT2D eigenvalue weighted by Gasteiger charge is -2.30. The first-order chi connectivity index (χ1) is 7.80. The van der Waals surface area contributed by atoms with Gasteiger partial charge >= 0.3 is 5.97 Å². The molecule has 1 N–H and O–H groups in total. The minimum absolute atomic E-state index is 0.0292. The van der Waals surface area contributed by atoms with Crippen molar-refractivity contribution in [3.8, 4) is 0 Å². The van der Waals surface area contributed by atoms with E-state index in [1.54, 1.807) is 0 Å². The number of carbonyl (C=O) groups is 2. The Morgan fingerprint density at radius 2 is 2.06 bits per heavy atom. The summed E-state index contributed by atoms with van der Waals surface area (Å²) in [7, 11) is 0. The minimum Gasteiger partial charge on any atom is -0.481 e. The third-order valence-corrected chi connectivity index (χ3v) is 2.94. The average Bonchev–Trinajstić information content (AvgIpc) is 2.14. The summed E-state index contributed by atoms with van der Waals surface area (Å²) in [5.41, 5.74) is 0.735. The van der Waals surface area contributed by atoms with Crippen LogP contribution >= 0.6 is 0 Å². The predicted octanol–water partition coefficient (Wildman–Crippen LogP) is 2.06. The predicted molar refractivity (Wildman–Crippen MR) is 65.6 cm³/mol. The highest BCUT2D eigenvalue weighted by atomic mass is 16.4. The molecule has 1 heterocycles. The second kappa shape index (κ2) is 5.34. The molecule has 96 valence electrons. The molecule has 17 heavy (non-hydrogen) atoms. The Morgan fingerprint density at radius 1 is 1.41 bits per heavy atom. The van der Waals surface area contributed by atoms with E-state index in [1.165, 1.54) is 5.57 Å². The fraction of sp³-hybridized carbons (Fsp3) is 0.692. The van der Waals surface area contributed by atoms with Gasteiger partial charge in [0.15, 0.2) is 0 Å². The molecule has 1 rings (SSSR count). The summed E-state index contributed by atoms with van der Waals surface area (Å²) in [5, 5.41) is 8.78. The van der Waals surface area contributed by atoms with Gasteiger partial charge in [-0.05, 0) is 18.8 Å². The fourth-order valence-corrected chi connectivity index (χ4v) is 2.12. The van der Waals surface area contributed by atoms with E-state index in [0.29, 0.717) is 13.0 Å². The van der Waals surface area contributed by atoms with Crippen LogP contribution in [-0.2, 0) is 9.59 Å². The lowest BCUT2D eigenvalue weighted by Crippen LogP contribution is -2.38. The Labute approximate surface area is 102 Å². The van der Waals surface area contributed by atoms with Crippen molar-refractivity contribution in [1.29, 1.82) is 0 Å². The van der Waals surface area contributed by atoms with Crippen molar-refractivity contribution in [2.75, 3.05) is 13.1 Å². The Kier molecular flexibility index (Phi) is 4.32. The van der Waals surface area contributed by atoms with Gasteiger partial charge in [-0.15, -0.1) is 0 Å². The van der Waals surface area contributed by atoms with Gasteiger partial charge in [0.05, 0.1) is 6.42 Å². The van der Waals surface area contributed by atoms with Crippen LogP contribution in [0.15, 0.2) is 11.6 Å². The minimum atomic E-state index is -0.850. The number of carboxylic acid groups (broad SMARTS) is 1. The monoisotopic (exact) mass is 239 g/mol. The van der Waals surface area contributed by atoms with Crippen LogP contribution in [0.5, 0.6) is 0 Å². The zero-order chi connectivity index (χ0) is 13.1. The van der Waals surface area contributed by atoms with E-state index in [0.717, 1.165) is 13.0 Å². The van der Waals surface area contributed by atoms with E-state index in [9.17, 15) is 9.59 Å². The van der Waals surface area contributed by atoms with Crippen LogP contribution in [-0.4, -0.2) is 35.0 Å². The smallest absolute Gasteiger partial charge is 0.303 e. The molecule has 0 radical (unpaired) electrons. The van der Waals surface area contributed by atoms with Gasteiger partial charge in [0.2, 0.25) is 5.91 Å². The Balaban J connectivity index is 2.54. The van der Waals surface area contributed by atoms with E-state index < -0.39 is 11.4 Å². The van der Waals surface area contributed by atoms with Gasteiger partial charge in [0.25, 0.3) is 0 Å². The maximum absolute atomic E-state index is 12.0. The molecule has 0 aromatic rings. The van der Waals surface area contributed by atoms with Gasteiger partial charge in [-0.2, -0.15) is 0 Å². The molecule has 0 atom stereocenters. The number of hydrogen-bond donors (Lipinski definition) is 1. The van der Waals surface area contributed by atoms with Crippen LogP contribution in [0.4, 0.5) is 0 Å². The molecule has 1 aliphatic heterocycles. The number of rotatable bonds is 4. The summed E-state index contributed by atoms with van der Waals surface area (Å²) >= 11 is 0. The molecule has 0 aromatic heterocycles. The summed E-state index contributed by atoms with van der Waals surface area (Å²) in [6.07, 6.45) is 3.37. The average molecular weight is 239 g/mol. The van der Waals surface area contributed by atoms with Crippen LogP contribution in [0.1, 0.15) is 40.0 Å². The lowest BCUT2D eigenvalue weighted by molar-refractivity contribution is -0.140. The van der Waals surface area contributed by atoms with E-state index in [1.807, 2.05) is 25.7 Å². The quantitative estimate of drug-likeness (QED) is 0.764. The largest absolute Gasteiger partial charge is 0.481 e. The van der Waals surface area contributed by atoms with Crippen molar-refractivity contribution in [3.63, 3.8) is 0 Å². The van der Waals surface area contributed by atoms with E-state index in [-0.39, 0.29) is 12.3 Å². The molecule has 0 unspecified atom stereocenters. The van der Waals surface area contributed by atoms with Crippen molar-refractivity contribution in [1.82, 2.24) is 4.90 Å². The molecule has 0 saturated heterocycles. The van der Waals surface area contributed by atoms with Gasteiger partial charge < -0.3 is 10.0 Å². The normalized spacial score (nSPS) is 16.6. The molecular formula is C13H21NO3. The molecule has 1 aliphatic rings. The summed E-state index contributed by atoms with van der Waals surface area (Å²) in [5.74, 6) is -0.791. The molecule has 0 saturated carbocycles. The van der Waals surface area contributed by atoms with E-state index >= 15 is 0 Å². The molecule has 4 nitrogen and oxygen atoms in total. The van der Waals surface area contributed by atoms with Crippen molar-refractivity contribution >= 4 is 11.9 Å². The molecule has 0 spiro atoms. The molecule has 4 heteroatoms. The van der Waals surface area contributed by atoms with Gasteiger partial charge in [-0.25, -0.2) is 0 Å². The van der Waals surface area contributed by atoms with Crippen molar-refractivity contribution in [3.05, 3.63) is 11.6 Å². The van der Waals surface area contributed by atoms with Crippen molar-refractivity contribution in [2.45, 2.75) is 40.0 Å². The highest BCUT2D eigenvalue weighted by molar-refractivity contribution is 5.78. The van der Waals surface area contributed by atoms with Crippen molar-refractivity contribution < 1.29 is 14.7 Å². The summed E-state index contributed by atoms with van der Waals surface area (Å²) in [6.45, 7) is 7.10. The number of carboxylic acids is 1. The number of hydrogen-bond acceptors (Lipinski definition) is 2. The highest BCUT2D eigenvalue weighted by Crippen LogP contribution is 2.26. The number of carbonyl (C=O) groups excluding carboxylic acids is 1. The van der Waals surface area contributed by atoms with Gasteiger partial charge in [-0.1, -0.05) is 25.5 Å². The first-order valence-electron chi connectivity index (χ1n) is 5.95. The third-order valence-electron chi connectivity index (χ3n) is 2.94. The Morgan fingerprint density at radius 3 is 2.59 bits per heavy atom.